The van der Waals surface area contributed by atoms with Crippen molar-refractivity contribution in [1.29, 1.82) is 0 Å². The summed E-state index contributed by atoms with van der Waals surface area (Å²) in [5.74, 6) is 1.32. The molecule has 90 valence electrons. The molecule has 1 N–H and O–H groups in total. The molecular weight excluding hydrogens is 188 g/mol. The van der Waals surface area contributed by atoms with Gasteiger partial charge in [0.15, 0.2) is 0 Å². The summed E-state index contributed by atoms with van der Waals surface area (Å²) in [4.78, 5) is 0. The van der Waals surface area contributed by atoms with E-state index in [9.17, 15) is 5.11 Å². The third kappa shape index (κ3) is 3.76. The van der Waals surface area contributed by atoms with Crippen LogP contribution in [-0.4, -0.2) is 23.9 Å². The maximum absolute atomic E-state index is 10.2. The van der Waals surface area contributed by atoms with E-state index in [4.69, 9.17) is 4.74 Å². The summed E-state index contributed by atoms with van der Waals surface area (Å²) in [6.45, 7) is 7.11. The molecule has 0 bridgehead atoms. The summed E-state index contributed by atoms with van der Waals surface area (Å²) >= 11 is 0. The van der Waals surface area contributed by atoms with Crippen molar-refractivity contribution in [2.24, 2.45) is 11.8 Å². The molecule has 0 aromatic carbocycles. The summed E-state index contributed by atoms with van der Waals surface area (Å²) < 4.78 is 5.58. The lowest BCUT2D eigenvalue weighted by atomic mass is 9.78. The molecule has 0 aliphatic heterocycles. The van der Waals surface area contributed by atoms with Crippen molar-refractivity contribution in [3.05, 3.63) is 0 Å². The van der Waals surface area contributed by atoms with E-state index in [2.05, 4.69) is 13.8 Å². The second kappa shape index (κ2) is 6.49. The number of aliphatic hydroxyl groups excluding tert-OH is 1. The molecular formula is C13H26O2. The summed E-state index contributed by atoms with van der Waals surface area (Å²) in [5, 5.41) is 10.2. The molecule has 2 heteroatoms. The van der Waals surface area contributed by atoms with Gasteiger partial charge in [0, 0.05) is 6.61 Å². The highest BCUT2D eigenvalue weighted by Gasteiger charge is 2.29. The van der Waals surface area contributed by atoms with Crippen LogP contribution in [0.2, 0.25) is 0 Å². The Hall–Kier alpha value is -0.0800. The Bertz CT molecular complexity index is 162. The molecule has 1 rings (SSSR count). The molecule has 2 unspecified atom stereocenters. The van der Waals surface area contributed by atoms with E-state index < -0.39 is 0 Å². The predicted molar refractivity (Wildman–Crippen MR) is 62.8 cm³/mol. The third-order valence-electron chi connectivity index (χ3n) is 3.71. The van der Waals surface area contributed by atoms with Gasteiger partial charge >= 0.3 is 0 Å². The van der Waals surface area contributed by atoms with E-state index in [-0.39, 0.29) is 12.2 Å². The van der Waals surface area contributed by atoms with Crippen LogP contribution in [0.3, 0.4) is 0 Å². The minimum atomic E-state index is -0.248. The molecule has 1 aliphatic rings. The minimum absolute atomic E-state index is 0.0495. The second-order valence-electron chi connectivity index (χ2n) is 4.91. The Morgan fingerprint density at radius 3 is 2.27 bits per heavy atom. The van der Waals surface area contributed by atoms with Crippen LogP contribution in [0.5, 0.6) is 0 Å². The molecule has 0 radical (unpaired) electrons. The smallest absolute Gasteiger partial charge is 0.0833 e. The van der Waals surface area contributed by atoms with Crippen molar-refractivity contribution in [3.63, 3.8) is 0 Å². The molecule has 2 nitrogen and oxygen atoms in total. The van der Waals surface area contributed by atoms with Crippen LogP contribution in [-0.2, 0) is 4.74 Å². The number of ether oxygens (including phenoxy) is 1. The normalized spacial score (nSPS) is 31.2. The fraction of sp³-hybridized carbons (Fsp3) is 1.00. The lowest BCUT2D eigenvalue weighted by Crippen LogP contribution is -2.37. The molecule has 1 saturated carbocycles. The van der Waals surface area contributed by atoms with Crippen molar-refractivity contribution >= 4 is 0 Å². The molecule has 1 fully saturated rings. The number of hydrogen-bond donors (Lipinski definition) is 1. The summed E-state index contributed by atoms with van der Waals surface area (Å²) in [6.07, 6.45) is 5.60. The fourth-order valence-corrected chi connectivity index (χ4v) is 2.60. The van der Waals surface area contributed by atoms with Gasteiger partial charge < -0.3 is 9.84 Å². The lowest BCUT2D eigenvalue weighted by molar-refractivity contribution is -0.0680. The fourth-order valence-electron chi connectivity index (χ4n) is 2.60. The first kappa shape index (κ1) is 13.0. The first-order valence-electron chi connectivity index (χ1n) is 6.48. The lowest BCUT2D eigenvalue weighted by Gasteiger charge is -2.33. The van der Waals surface area contributed by atoms with Gasteiger partial charge in [-0.15, -0.1) is 0 Å². The molecule has 0 saturated heterocycles. The van der Waals surface area contributed by atoms with Gasteiger partial charge in [-0.05, 0) is 38.0 Å². The molecule has 0 spiro atoms. The minimum Gasteiger partial charge on any atom is -0.390 e. The zero-order valence-electron chi connectivity index (χ0n) is 10.4. The van der Waals surface area contributed by atoms with Crippen molar-refractivity contribution in [2.45, 2.75) is 65.1 Å². The van der Waals surface area contributed by atoms with Gasteiger partial charge in [-0.1, -0.05) is 26.7 Å². The van der Waals surface area contributed by atoms with Gasteiger partial charge in [-0.25, -0.2) is 0 Å². The van der Waals surface area contributed by atoms with Crippen molar-refractivity contribution in [1.82, 2.24) is 0 Å². The summed E-state index contributed by atoms with van der Waals surface area (Å²) in [7, 11) is 0. The summed E-state index contributed by atoms with van der Waals surface area (Å²) in [6, 6.07) is 0. The van der Waals surface area contributed by atoms with Crippen LogP contribution in [0.1, 0.15) is 52.9 Å². The highest BCUT2D eigenvalue weighted by Crippen LogP contribution is 2.32. The molecule has 0 aromatic heterocycles. The molecule has 2 atom stereocenters. The number of aliphatic hydroxyl groups is 1. The van der Waals surface area contributed by atoms with Gasteiger partial charge in [0.05, 0.1) is 12.2 Å². The van der Waals surface area contributed by atoms with Crippen LogP contribution < -0.4 is 0 Å². The monoisotopic (exact) mass is 214 g/mol. The Morgan fingerprint density at radius 1 is 1.20 bits per heavy atom. The Labute approximate surface area is 94.0 Å². The van der Waals surface area contributed by atoms with E-state index in [1.165, 1.54) is 25.7 Å². The topological polar surface area (TPSA) is 29.5 Å². The van der Waals surface area contributed by atoms with Gasteiger partial charge in [0.25, 0.3) is 0 Å². The van der Waals surface area contributed by atoms with Gasteiger partial charge in [-0.2, -0.15) is 0 Å². The molecule has 0 amide bonds. The number of hydrogen-bond acceptors (Lipinski definition) is 2. The first-order valence-corrected chi connectivity index (χ1v) is 6.48. The molecule has 1 aliphatic carbocycles. The van der Waals surface area contributed by atoms with Crippen LogP contribution >= 0.6 is 0 Å². The van der Waals surface area contributed by atoms with E-state index in [1.807, 2.05) is 6.92 Å². The average Bonchev–Trinajstić information content (AvgIpc) is 2.26. The van der Waals surface area contributed by atoms with Gasteiger partial charge in [0.1, 0.15) is 0 Å². The predicted octanol–water partition coefficient (Wildman–Crippen LogP) is 2.99. The zero-order chi connectivity index (χ0) is 11.3. The maximum atomic E-state index is 10.2. The largest absolute Gasteiger partial charge is 0.390 e. The maximum Gasteiger partial charge on any atom is 0.0833 e. The Morgan fingerprint density at radius 2 is 1.80 bits per heavy atom. The third-order valence-corrected chi connectivity index (χ3v) is 3.71. The first-order chi connectivity index (χ1) is 7.19. The van der Waals surface area contributed by atoms with Crippen molar-refractivity contribution < 1.29 is 9.84 Å². The summed E-state index contributed by atoms with van der Waals surface area (Å²) in [5.41, 5.74) is 0. The molecule has 0 heterocycles. The van der Waals surface area contributed by atoms with Crippen LogP contribution in [0.25, 0.3) is 0 Å². The van der Waals surface area contributed by atoms with Crippen molar-refractivity contribution in [3.8, 4) is 0 Å². The quantitative estimate of drug-likeness (QED) is 0.762. The average molecular weight is 214 g/mol. The SMILES string of the molecule is CCOC(CC)C(O)C1CCC(C)CC1. The van der Waals surface area contributed by atoms with E-state index in [0.29, 0.717) is 12.5 Å². The van der Waals surface area contributed by atoms with Gasteiger partial charge in [-0.3, -0.25) is 0 Å². The molecule has 0 aromatic rings. The molecule has 15 heavy (non-hydrogen) atoms. The van der Waals surface area contributed by atoms with Crippen LogP contribution in [0.4, 0.5) is 0 Å². The van der Waals surface area contributed by atoms with E-state index in [1.54, 1.807) is 0 Å². The highest BCUT2D eigenvalue weighted by atomic mass is 16.5. The van der Waals surface area contributed by atoms with Crippen LogP contribution in [0.15, 0.2) is 0 Å². The zero-order valence-corrected chi connectivity index (χ0v) is 10.4. The second-order valence-corrected chi connectivity index (χ2v) is 4.91. The van der Waals surface area contributed by atoms with Gasteiger partial charge in [0.2, 0.25) is 0 Å². The highest BCUT2D eigenvalue weighted by molar-refractivity contribution is 4.80. The number of rotatable bonds is 5. The van der Waals surface area contributed by atoms with Crippen molar-refractivity contribution in [2.75, 3.05) is 6.61 Å². The Balaban J connectivity index is 2.40. The Kier molecular flexibility index (Phi) is 5.62. The van der Waals surface area contributed by atoms with E-state index >= 15 is 0 Å². The standard InChI is InChI=1S/C13H26O2/c1-4-12(15-5-2)13(14)11-8-6-10(3)7-9-11/h10-14H,4-9H2,1-3H3. The van der Waals surface area contributed by atoms with E-state index in [0.717, 1.165) is 12.3 Å². The van der Waals surface area contributed by atoms with Crippen LogP contribution in [0, 0.1) is 11.8 Å².